The van der Waals surface area contributed by atoms with Gasteiger partial charge in [0, 0.05) is 63.4 Å². The van der Waals surface area contributed by atoms with Gasteiger partial charge in [-0.05, 0) is 49.6 Å². The lowest BCUT2D eigenvalue weighted by atomic mass is 10.1. The molecule has 12 nitrogen and oxygen atoms in total. The largest absolute Gasteiger partial charge is 0.448 e. The molecule has 12 heteroatoms. The molecule has 1 saturated heterocycles. The summed E-state index contributed by atoms with van der Waals surface area (Å²) in [5, 5.41) is 8.53. The minimum atomic E-state index is -0.379. The average Bonchev–Trinajstić information content (AvgIpc) is 3.77. The van der Waals surface area contributed by atoms with Gasteiger partial charge in [0.25, 0.3) is 11.8 Å². The van der Waals surface area contributed by atoms with E-state index in [9.17, 15) is 14.4 Å². The molecule has 2 aromatic carbocycles. The summed E-state index contributed by atoms with van der Waals surface area (Å²) in [7, 11) is 0. The second-order valence-electron chi connectivity index (χ2n) is 11.3. The number of benzene rings is 2. The Morgan fingerprint density at radius 3 is 2.20 bits per heavy atom. The SMILES string of the molecule is CC(=O)NCCOCCOCCNC(=O)c1ccc(N2CCN(c3ccccc3C)CC2)c(NC(=O)c2coc(C3CC3)n2)c1. The molecule has 0 atom stereocenters. The zero-order chi connectivity index (χ0) is 31.6. The number of hydrogen-bond donors (Lipinski definition) is 3. The first-order valence-corrected chi connectivity index (χ1v) is 15.5. The van der Waals surface area contributed by atoms with Crippen LogP contribution >= 0.6 is 0 Å². The van der Waals surface area contributed by atoms with E-state index in [1.165, 1.54) is 24.4 Å². The van der Waals surface area contributed by atoms with Crippen LogP contribution in [0.5, 0.6) is 0 Å². The van der Waals surface area contributed by atoms with Crippen molar-refractivity contribution in [1.82, 2.24) is 15.6 Å². The van der Waals surface area contributed by atoms with Gasteiger partial charge in [-0.3, -0.25) is 14.4 Å². The van der Waals surface area contributed by atoms with Crippen LogP contribution in [0.4, 0.5) is 17.1 Å². The Morgan fingerprint density at radius 1 is 0.867 bits per heavy atom. The molecular formula is C33H42N6O6. The Kier molecular flexibility index (Phi) is 11.0. The lowest BCUT2D eigenvalue weighted by molar-refractivity contribution is -0.119. The van der Waals surface area contributed by atoms with Crippen molar-refractivity contribution in [2.75, 3.05) is 80.8 Å². The smallest absolute Gasteiger partial charge is 0.277 e. The van der Waals surface area contributed by atoms with Crippen LogP contribution in [0.1, 0.15) is 58.0 Å². The summed E-state index contributed by atoms with van der Waals surface area (Å²) in [6.07, 6.45) is 3.44. The number of anilines is 3. The number of aryl methyl sites for hydroxylation is 1. The van der Waals surface area contributed by atoms with Crippen LogP contribution in [-0.2, 0) is 14.3 Å². The molecule has 5 rings (SSSR count). The van der Waals surface area contributed by atoms with Gasteiger partial charge in [0.1, 0.15) is 6.26 Å². The standard InChI is InChI=1S/C33H42N6O6/c1-23-5-3-4-6-29(23)38-13-15-39(16-14-38)30-10-9-26(31(41)35-12-18-44-20-19-43-17-11-34-24(2)40)21-27(30)36-32(42)28-22-45-33(37-28)25-7-8-25/h3-6,9-10,21-22,25H,7-8,11-20H2,1-2H3,(H,34,40)(H,35,41)(H,36,42). The molecule has 0 bridgehead atoms. The minimum Gasteiger partial charge on any atom is -0.448 e. The summed E-state index contributed by atoms with van der Waals surface area (Å²) in [6, 6.07) is 13.8. The first-order valence-electron chi connectivity index (χ1n) is 15.5. The molecule has 0 radical (unpaired) electrons. The molecule has 3 aromatic rings. The molecule has 1 aliphatic heterocycles. The molecule has 1 aliphatic carbocycles. The number of carbonyl (C=O) groups is 3. The Morgan fingerprint density at radius 2 is 1.53 bits per heavy atom. The molecule has 2 heterocycles. The number of para-hydroxylation sites is 1. The minimum absolute atomic E-state index is 0.0936. The third kappa shape index (κ3) is 9.05. The van der Waals surface area contributed by atoms with E-state index in [1.807, 2.05) is 12.1 Å². The topological polar surface area (TPSA) is 138 Å². The molecule has 0 spiro atoms. The highest BCUT2D eigenvalue weighted by molar-refractivity contribution is 6.06. The van der Waals surface area contributed by atoms with Crippen LogP contribution < -0.4 is 25.8 Å². The molecule has 3 amide bonds. The highest BCUT2D eigenvalue weighted by Crippen LogP contribution is 2.39. The quantitative estimate of drug-likeness (QED) is 0.219. The van der Waals surface area contributed by atoms with Crippen LogP contribution in [0.15, 0.2) is 53.1 Å². The first kappa shape index (κ1) is 32.0. The van der Waals surface area contributed by atoms with Gasteiger partial charge in [-0.25, -0.2) is 4.98 Å². The molecule has 1 saturated carbocycles. The molecule has 1 aromatic heterocycles. The normalized spacial score (nSPS) is 14.7. The van der Waals surface area contributed by atoms with E-state index < -0.39 is 0 Å². The molecule has 3 N–H and O–H groups in total. The fraction of sp³-hybridized carbons (Fsp3) is 0.455. The van der Waals surface area contributed by atoms with Crippen LogP contribution in [0.3, 0.4) is 0 Å². The van der Waals surface area contributed by atoms with Crippen molar-refractivity contribution in [1.29, 1.82) is 0 Å². The Labute approximate surface area is 263 Å². The summed E-state index contributed by atoms with van der Waals surface area (Å²) in [5.41, 5.74) is 4.50. The molecule has 240 valence electrons. The number of aromatic nitrogens is 1. The van der Waals surface area contributed by atoms with Crippen molar-refractivity contribution in [3.63, 3.8) is 0 Å². The summed E-state index contributed by atoms with van der Waals surface area (Å²) < 4.78 is 16.5. The Bertz CT molecular complexity index is 1460. The van der Waals surface area contributed by atoms with Gasteiger partial charge in [-0.15, -0.1) is 0 Å². The number of carbonyl (C=O) groups excluding carboxylic acids is 3. The van der Waals surface area contributed by atoms with Crippen LogP contribution in [0, 0.1) is 6.92 Å². The van der Waals surface area contributed by atoms with Gasteiger partial charge >= 0.3 is 0 Å². The van der Waals surface area contributed by atoms with Crippen LogP contribution in [0.25, 0.3) is 0 Å². The third-order valence-electron chi connectivity index (χ3n) is 7.79. The van der Waals surface area contributed by atoms with Crippen LogP contribution in [0.2, 0.25) is 0 Å². The van der Waals surface area contributed by atoms with E-state index in [-0.39, 0.29) is 23.4 Å². The van der Waals surface area contributed by atoms with Gasteiger partial charge in [0.2, 0.25) is 5.91 Å². The number of piperazine rings is 1. The van der Waals surface area contributed by atoms with E-state index >= 15 is 0 Å². The lowest BCUT2D eigenvalue weighted by Gasteiger charge is -2.38. The van der Waals surface area contributed by atoms with Gasteiger partial charge < -0.3 is 39.6 Å². The Hall–Kier alpha value is -4.42. The maximum Gasteiger partial charge on any atom is 0.277 e. The summed E-state index contributed by atoms with van der Waals surface area (Å²) in [6.45, 7) is 9.03. The highest BCUT2D eigenvalue weighted by Gasteiger charge is 2.30. The van der Waals surface area contributed by atoms with Crippen molar-refractivity contribution >= 4 is 34.8 Å². The molecule has 2 fully saturated rings. The number of amides is 3. The fourth-order valence-corrected chi connectivity index (χ4v) is 5.22. The maximum absolute atomic E-state index is 13.2. The van der Waals surface area contributed by atoms with Crippen molar-refractivity contribution in [3.05, 3.63) is 71.4 Å². The van der Waals surface area contributed by atoms with E-state index in [0.717, 1.165) is 44.7 Å². The molecular weight excluding hydrogens is 576 g/mol. The number of rotatable bonds is 15. The summed E-state index contributed by atoms with van der Waals surface area (Å²) in [5.74, 6) is 0.151. The Balaban J connectivity index is 1.19. The van der Waals surface area contributed by atoms with E-state index in [4.69, 9.17) is 13.9 Å². The molecule has 0 unspecified atom stereocenters. The zero-order valence-electron chi connectivity index (χ0n) is 26.0. The van der Waals surface area contributed by atoms with Crippen molar-refractivity contribution in [2.45, 2.75) is 32.6 Å². The second-order valence-corrected chi connectivity index (χ2v) is 11.3. The zero-order valence-corrected chi connectivity index (χ0v) is 26.0. The molecule has 2 aliphatic rings. The van der Waals surface area contributed by atoms with Crippen molar-refractivity contribution < 1.29 is 28.3 Å². The predicted octanol–water partition coefficient (Wildman–Crippen LogP) is 3.34. The van der Waals surface area contributed by atoms with Crippen LogP contribution in [-0.4, -0.2) is 88.4 Å². The summed E-state index contributed by atoms with van der Waals surface area (Å²) in [4.78, 5) is 46.1. The fourth-order valence-electron chi connectivity index (χ4n) is 5.22. The summed E-state index contributed by atoms with van der Waals surface area (Å²) >= 11 is 0. The average molecular weight is 619 g/mol. The highest BCUT2D eigenvalue weighted by atomic mass is 16.5. The lowest BCUT2D eigenvalue weighted by Crippen LogP contribution is -2.47. The maximum atomic E-state index is 13.2. The van der Waals surface area contributed by atoms with Crippen molar-refractivity contribution in [3.8, 4) is 0 Å². The number of nitrogens with one attached hydrogen (secondary N) is 3. The van der Waals surface area contributed by atoms with E-state index in [0.29, 0.717) is 62.6 Å². The van der Waals surface area contributed by atoms with Gasteiger partial charge in [0.15, 0.2) is 11.6 Å². The second kappa shape index (κ2) is 15.5. The van der Waals surface area contributed by atoms with E-state index in [1.54, 1.807) is 12.1 Å². The molecule has 45 heavy (non-hydrogen) atoms. The first-order chi connectivity index (χ1) is 21.9. The monoisotopic (exact) mass is 618 g/mol. The van der Waals surface area contributed by atoms with Gasteiger partial charge in [0.05, 0.1) is 37.8 Å². The number of nitrogens with zero attached hydrogens (tertiary/aromatic N) is 3. The van der Waals surface area contributed by atoms with Gasteiger partial charge in [-0.2, -0.15) is 0 Å². The number of ether oxygens (including phenoxy) is 2. The van der Waals surface area contributed by atoms with Crippen molar-refractivity contribution in [2.24, 2.45) is 0 Å². The van der Waals surface area contributed by atoms with Gasteiger partial charge in [-0.1, -0.05) is 18.2 Å². The predicted molar refractivity (Wildman–Crippen MR) is 171 cm³/mol. The number of oxazole rings is 1. The number of hydrogen-bond acceptors (Lipinski definition) is 9. The third-order valence-corrected chi connectivity index (χ3v) is 7.79. The van der Waals surface area contributed by atoms with E-state index in [2.05, 4.69) is 55.9 Å².